The number of rotatable bonds is 9. The molecule has 0 rings (SSSR count). The summed E-state index contributed by atoms with van der Waals surface area (Å²) in [6, 6.07) is 0. The molecule has 0 saturated heterocycles. The van der Waals surface area contributed by atoms with Crippen molar-refractivity contribution >= 4 is 17.8 Å². The molecule has 0 saturated carbocycles. The monoisotopic (exact) mass is 265 g/mol. The number of hydrogen-bond donors (Lipinski definition) is 3. The maximum atomic E-state index is 9.51. The van der Waals surface area contributed by atoms with Gasteiger partial charge in [0.25, 0.3) is 0 Å². The van der Waals surface area contributed by atoms with E-state index in [4.69, 9.17) is 16.7 Å². The van der Waals surface area contributed by atoms with Crippen molar-refractivity contribution in [1.29, 1.82) is 0 Å². The first kappa shape index (κ1) is 16.8. The van der Waals surface area contributed by atoms with Gasteiger partial charge in [-0.15, -0.1) is 11.6 Å². The second kappa shape index (κ2) is 8.86. The molecular formula is C12H24ClNO3. The Morgan fingerprint density at radius 2 is 1.82 bits per heavy atom. The van der Waals surface area contributed by atoms with E-state index in [9.17, 15) is 10.2 Å². The largest absolute Gasteiger partial charge is 0.396 e. The van der Waals surface area contributed by atoms with Gasteiger partial charge in [0.05, 0.1) is 23.6 Å². The zero-order valence-electron chi connectivity index (χ0n) is 10.6. The molecule has 3 N–H and O–H groups in total. The van der Waals surface area contributed by atoms with Gasteiger partial charge in [-0.25, -0.2) is 0 Å². The second-order valence-electron chi connectivity index (χ2n) is 4.26. The molecule has 102 valence electrons. The summed E-state index contributed by atoms with van der Waals surface area (Å²) in [5, 5.41) is 27.5. The first-order valence-corrected chi connectivity index (χ1v) is 6.51. The van der Waals surface area contributed by atoms with Crippen molar-refractivity contribution in [2.45, 2.75) is 56.6 Å². The molecule has 0 aliphatic rings. The molecule has 0 bridgehead atoms. The van der Waals surface area contributed by atoms with Crippen LogP contribution in [0, 0.1) is 0 Å². The van der Waals surface area contributed by atoms with Crippen molar-refractivity contribution in [3.05, 3.63) is 0 Å². The molecule has 0 aromatic rings. The fourth-order valence-corrected chi connectivity index (χ4v) is 1.44. The lowest BCUT2D eigenvalue weighted by atomic mass is 10.0. The summed E-state index contributed by atoms with van der Waals surface area (Å²) in [4.78, 5) is 3.88. The first-order chi connectivity index (χ1) is 7.99. The van der Waals surface area contributed by atoms with Gasteiger partial charge in [0, 0.05) is 19.2 Å². The minimum atomic E-state index is -0.899. The first-order valence-electron chi connectivity index (χ1n) is 6.13. The zero-order valence-corrected chi connectivity index (χ0v) is 11.4. The molecule has 5 heteroatoms. The van der Waals surface area contributed by atoms with E-state index in [1.54, 1.807) is 6.21 Å². The van der Waals surface area contributed by atoms with Crippen LogP contribution in [0.2, 0.25) is 0 Å². The van der Waals surface area contributed by atoms with Gasteiger partial charge < -0.3 is 15.3 Å². The van der Waals surface area contributed by atoms with E-state index in [0.29, 0.717) is 6.54 Å². The summed E-state index contributed by atoms with van der Waals surface area (Å²) >= 11 is 6.28. The van der Waals surface area contributed by atoms with Gasteiger partial charge >= 0.3 is 0 Å². The Morgan fingerprint density at radius 3 is 2.29 bits per heavy atom. The minimum Gasteiger partial charge on any atom is -0.396 e. The van der Waals surface area contributed by atoms with Gasteiger partial charge in [0.15, 0.2) is 0 Å². The van der Waals surface area contributed by atoms with Gasteiger partial charge in [0.1, 0.15) is 0 Å². The van der Waals surface area contributed by atoms with Gasteiger partial charge in [-0.2, -0.15) is 0 Å². The normalized spacial score (nSPS) is 16.4. The molecule has 17 heavy (non-hydrogen) atoms. The molecule has 0 spiro atoms. The van der Waals surface area contributed by atoms with Crippen molar-refractivity contribution in [1.82, 2.24) is 0 Å². The van der Waals surface area contributed by atoms with Crippen LogP contribution in [0.1, 0.15) is 39.5 Å². The third-order valence-corrected chi connectivity index (χ3v) is 3.64. The van der Waals surface area contributed by atoms with Crippen LogP contribution in [0.4, 0.5) is 0 Å². The highest BCUT2D eigenvalue weighted by atomic mass is 35.5. The van der Waals surface area contributed by atoms with Crippen LogP contribution in [0.15, 0.2) is 4.99 Å². The maximum Gasteiger partial charge on any atom is 0.0849 e. The lowest BCUT2D eigenvalue weighted by Gasteiger charge is -2.21. The average molecular weight is 266 g/mol. The molecule has 0 aliphatic heterocycles. The van der Waals surface area contributed by atoms with Crippen molar-refractivity contribution in [2.75, 3.05) is 13.2 Å². The van der Waals surface area contributed by atoms with E-state index in [2.05, 4.69) is 4.99 Å². The van der Waals surface area contributed by atoms with Crippen LogP contribution < -0.4 is 0 Å². The minimum absolute atomic E-state index is 0.133. The van der Waals surface area contributed by atoms with Crippen LogP contribution in [0.25, 0.3) is 0 Å². The van der Waals surface area contributed by atoms with Crippen LogP contribution in [0.3, 0.4) is 0 Å². The van der Waals surface area contributed by atoms with Crippen molar-refractivity contribution in [3.8, 4) is 0 Å². The highest BCUT2D eigenvalue weighted by Gasteiger charge is 2.21. The Kier molecular flexibility index (Phi) is 8.78. The second-order valence-corrected chi connectivity index (χ2v) is 5.07. The smallest absolute Gasteiger partial charge is 0.0849 e. The van der Waals surface area contributed by atoms with Crippen molar-refractivity contribution < 1.29 is 15.3 Å². The van der Waals surface area contributed by atoms with E-state index in [-0.39, 0.29) is 24.3 Å². The summed E-state index contributed by atoms with van der Waals surface area (Å²) in [5.41, 5.74) is 0. The fraction of sp³-hybridized carbons (Fsp3) is 0.917. The van der Waals surface area contributed by atoms with E-state index >= 15 is 0 Å². The summed E-state index contributed by atoms with van der Waals surface area (Å²) in [6.07, 6.45) is 1.97. The molecule has 0 unspecified atom stereocenters. The van der Waals surface area contributed by atoms with E-state index in [1.807, 2.05) is 13.8 Å². The lowest BCUT2D eigenvalue weighted by molar-refractivity contribution is 0.0103. The Morgan fingerprint density at radius 1 is 1.24 bits per heavy atom. The number of aliphatic hydroxyl groups excluding tert-OH is 3. The standard InChI is InChI=1S/C12H24ClNO3/c1-3-12(13,4-2)9-14-7-5-10(16)11(17)6-8-15/h7,10-11,15-17H,3-6,8-9H2,1-2H3/t10-,11-/m1/s1. The molecule has 0 radical (unpaired) electrons. The lowest BCUT2D eigenvalue weighted by Crippen LogP contribution is -2.27. The highest BCUT2D eigenvalue weighted by Crippen LogP contribution is 2.23. The quantitative estimate of drug-likeness (QED) is 0.435. The molecule has 2 atom stereocenters. The van der Waals surface area contributed by atoms with Crippen molar-refractivity contribution in [3.63, 3.8) is 0 Å². The molecular weight excluding hydrogens is 242 g/mol. The molecule has 0 amide bonds. The Labute approximate surface area is 108 Å². The average Bonchev–Trinajstić information content (AvgIpc) is 2.34. The number of halogens is 1. The molecule has 4 nitrogen and oxygen atoms in total. The fourth-order valence-electron chi connectivity index (χ4n) is 1.37. The predicted octanol–water partition coefficient (Wildman–Crippen LogP) is 1.35. The predicted molar refractivity (Wildman–Crippen MR) is 70.9 cm³/mol. The van der Waals surface area contributed by atoms with Crippen LogP contribution in [0.5, 0.6) is 0 Å². The third-order valence-electron chi connectivity index (χ3n) is 2.99. The highest BCUT2D eigenvalue weighted by molar-refractivity contribution is 6.24. The summed E-state index contributed by atoms with van der Waals surface area (Å²) in [6.45, 7) is 4.42. The summed E-state index contributed by atoms with van der Waals surface area (Å²) in [7, 11) is 0. The molecule has 0 heterocycles. The number of aliphatic imine (C=N–C) groups is 1. The Balaban J connectivity index is 3.95. The van der Waals surface area contributed by atoms with E-state index in [1.165, 1.54) is 0 Å². The molecule has 0 aliphatic carbocycles. The Bertz CT molecular complexity index is 220. The third kappa shape index (κ3) is 6.99. The van der Waals surface area contributed by atoms with Gasteiger partial charge in [-0.1, -0.05) is 13.8 Å². The van der Waals surface area contributed by atoms with Crippen LogP contribution in [-0.2, 0) is 0 Å². The summed E-state index contributed by atoms with van der Waals surface area (Å²) in [5.74, 6) is 0. The number of nitrogens with zero attached hydrogens (tertiary/aromatic N) is 1. The SMILES string of the molecule is CCC(Cl)(CC)CN=CC[C@@H](O)[C@H](O)CCO. The van der Waals surface area contributed by atoms with Gasteiger partial charge in [-0.3, -0.25) is 4.99 Å². The summed E-state index contributed by atoms with van der Waals surface area (Å²) < 4.78 is 0. The topological polar surface area (TPSA) is 73.1 Å². The van der Waals surface area contributed by atoms with E-state index < -0.39 is 12.2 Å². The number of aliphatic hydroxyl groups is 3. The maximum absolute atomic E-state index is 9.51. The van der Waals surface area contributed by atoms with Gasteiger partial charge in [-0.05, 0) is 19.3 Å². The molecule has 0 aromatic heterocycles. The number of alkyl halides is 1. The van der Waals surface area contributed by atoms with Crippen LogP contribution in [-0.4, -0.2) is 51.8 Å². The van der Waals surface area contributed by atoms with Crippen molar-refractivity contribution in [2.24, 2.45) is 4.99 Å². The van der Waals surface area contributed by atoms with E-state index in [0.717, 1.165) is 12.8 Å². The van der Waals surface area contributed by atoms with Crippen LogP contribution >= 0.6 is 11.6 Å². The van der Waals surface area contributed by atoms with Gasteiger partial charge in [0.2, 0.25) is 0 Å². The molecule has 0 aromatic carbocycles. The Hall–Kier alpha value is -0.160. The molecule has 0 fully saturated rings. The zero-order chi connectivity index (χ0) is 13.3. The number of hydrogen-bond acceptors (Lipinski definition) is 4.